The van der Waals surface area contributed by atoms with Gasteiger partial charge in [-0.1, -0.05) is 12.8 Å². The summed E-state index contributed by atoms with van der Waals surface area (Å²) in [6.07, 6.45) is 3.61. The zero-order valence-corrected chi connectivity index (χ0v) is 11.0. The number of ether oxygens (including phenoxy) is 1. The van der Waals surface area contributed by atoms with Crippen LogP contribution in [0, 0.1) is 0 Å². The van der Waals surface area contributed by atoms with E-state index in [1.54, 1.807) is 7.11 Å². The number of nitrogens with two attached hydrogens (primary N) is 1. The topological polar surface area (TPSA) is 73.3 Å². The van der Waals surface area contributed by atoms with Gasteiger partial charge in [-0.15, -0.1) is 0 Å². The van der Waals surface area contributed by atoms with Gasteiger partial charge >= 0.3 is 0 Å². The van der Waals surface area contributed by atoms with Crippen LogP contribution in [0.5, 0.6) is 5.75 Å². The summed E-state index contributed by atoms with van der Waals surface area (Å²) in [6, 6.07) is 5.72. The Labute approximate surface area is 112 Å². The highest BCUT2D eigenvalue weighted by atomic mass is 16.5. The van der Waals surface area contributed by atoms with Gasteiger partial charge in [0.1, 0.15) is 5.75 Å². The van der Waals surface area contributed by atoms with Crippen molar-refractivity contribution in [1.29, 1.82) is 0 Å². The fourth-order valence-corrected chi connectivity index (χ4v) is 2.96. The molecule has 2 aromatic rings. The van der Waals surface area contributed by atoms with Gasteiger partial charge in [0.05, 0.1) is 30.3 Å². The molecule has 5 heteroatoms. The van der Waals surface area contributed by atoms with Crippen molar-refractivity contribution in [1.82, 2.24) is 9.55 Å². The number of methoxy groups -OCH3 is 1. The number of imidazole rings is 1. The molecule has 1 aromatic carbocycles. The Bertz CT molecular complexity index is 594. The average molecular weight is 261 g/mol. The summed E-state index contributed by atoms with van der Waals surface area (Å²) in [6.45, 7) is 0. The van der Waals surface area contributed by atoms with Gasteiger partial charge in [-0.3, -0.25) is 0 Å². The third-order valence-electron chi connectivity index (χ3n) is 3.95. The van der Waals surface area contributed by atoms with E-state index in [4.69, 9.17) is 10.5 Å². The predicted octanol–water partition coefficient (Wildman–Crippen LogP) is 2.10. The molecule has 0 spiro atoms. The normalized spacial score (nSPS) is 23.7. The molecule has 3 N–H and O–H groups in total. The van der Waals surface area contributed by atoms with Crippen molar-refractivity contribution in [3.05, 3.63) is 18.2 Å². The second-order valence-electron chi connectivity index (χ2n) is 5.11. The van der Waals surface area contributed by atoms with Crippen molar-refractivity contribution < 1.29 is 9.84 Å². The number of hydrogen-bond donors (Lipinski definition) is 2. The highest BCUT2D eigenvalue weighted by Gasteiger charge is 2.27. The fourth-order valence-electron chi connectivity index (χ4n) is 2.96. The minimum atomic E-state index is -0.348. The Hall–Kier alpha value is -1.75. The molecule has 1 fully saturated rings. The van der Waals surface area contributed by atoms with Crippen LogP contribution < -0.4 is 10.5 Å². The summed E-state index contributed by atoms with van der Waals surface area (Å²) in [5.41, 5.74) is 7.81. The number of hydrogen-bond acceptors (Lipinski definition) is 4. The van der Waals surface area contributed by atoms with Crippen molar-refractivity contribution in [3.63, 3.8) is 0 Å². The molecule has 1 aliphatic carbocycles. The Morgan fingerprint density at radius 1 is 1.37 bits per heavy atom. The molecule has 5 nitrogen and oxygen atoms in total. The maximum Gasteiger partial charge on any atom is 0.201 e. The first-order valence-corrected chi connectivity index (χ1v) is 6.70. The van der Waals surface area contributed by atoms with E-state index < -0.39 is 0 Å². The van der Waals surface area contributed by atoms with Gasteiger partial charge in [0.15, 0.2) is 0 Å². The number of benzene rings is 1. The Balaban J connectivity index is 2.12. The fraction of sp³-hybridized carbons (Fsp3) is 0.500. The van der Waals surface area contributed by atoms with Crippen LogP contribution in [0.15, 0.2) is 18.2 Å². The number of aromatic nitrogens is 2. The molecule has 0 radical (unpaired) electrons. The maximum absolute atomic E-state index is 10.2. The largest absolute Gasteiger partial charge is 0.497 e. The first kappa shape index (κ1) is 12.3. The lowest BCUT2D eigenvalue weighted by Gasteiger charge is -2.29. The van der Waals surface area contributed by atoms with Crippen LogP contribution in [0.1, 0.15) is 31.7 Å². The SMILES string of the molecule is COc1ccc2nc(N)n(C3CCCCC3O)c2c1. The molecule has 2 unspecified atom stereocenters. The minimum Gasteiger partial charge on any atom is -0.497 e. The number of fused-ring (bicyclic) bond motifs is 1. The zero-order chi connectivity index (χ0) is 13.4. The lowest BCUT2D eigenvalue weighted by Crippen LogP contribution is -2.28. The molecule has 1 saturated carbocycles. The molecule has 0 bridgehead atoms. The Kier molecular flexibility index (Phi) is 3.06. The minimum absolute atomic E-state index is 0.0193. The molecule has 3 rings (SSSR count). The molecule has 102 valence electrons. The molecule has 0 aliphatic heterocycles. The predicted molar refractivity (Wildman–Crippen MR) is 74.2 cm³/mol. The zero-order valence-electron chi connectivity index (χ0n) is 11.0. The first-order valence-electron chi connectivity index (χ1n) is 6.70. The number of nitrogen functional groups attached to an aromatic ring is 1. The molecular formula is C14H19N3O2. The van der Waals surface area contributed by atoms with Crippen LogP contribution in [-0.4, -0.2) is 27.9 Å². The molecular weight excluding hydrogens is 242 g/mol. The monoisotopic (exact) mass is 261 g/mol. The van der Waals surface area contributed by atoms with E-state index in [1.807, 2.05) is 22.8 Å². The number of rotatable bonds is 2. The molecule has 19 heavy (non-hydrogen) atoms. The summed E-state index contributed by atoms with van der Waals surface area (Å²) >= 11 is 0. The molecule has 1 aliphatic rings. The van der Waals surface area contributed by atoms with E-state index >= 15 is 0 Å². The quantitative estimate of drug-likeness (QED) is 0.868. The Morgan fingerprint density at radius 3 is 2.89 bits per heavy atom. The number of aliphatic hydroxyl groups excluding tert-OH is 1. The van der Waals surface area contributed by atoms with Gasteiger partial charge in [0.25, 0.3) is 0 Å². The summed E-state index contributed by atoms with van der Waals surface area (Å²) < 4.78 is 7.22. The van der Waals surface area contributed by atoms with Crippen molar-refractivity contribution in [3.8, 4) is 5.75 Å². The molecule has 1 aromatic heterocycles. The maximum atomic E-state index is 10.2. The third kappa shape index (κ3) is 2.04. The van der Waals surface area contributed by atoms with Crippen molar-refractivity contribution in [2.75, 3.05) is 12.8 Å². The van der Waals surface area contributed by atoms with Crippen LogP contribution in [-0.2, 0) is 0 Å². The highest BCUT2D eigenvalue weighted by molar-refractivity contribution is 5.80. The van der Waals surface area contributed by atoms with Gasteiger partial charge in [-0.05, 0) is 25.0 Å². The van der Waals surface area contributed by atoms with Gasteiger partial charge in [-0.2, -0.15) is 0 Å². The van der Waals surface area contributed by atoms with Crippen LogP contribution in [0.3, 0.4) is 0 Å². The van der Waals surface area contributed by atoms with Crippen molar-refractivity contribution >= 4 is 17.0 Å². The molecule has 2 atom stereocenters. The third-order valence-corrected chi connectivity index (χ3v) is 3.95. The molecule has 0 amide bonds. The summed E-state index contributed by atoms with van der Waals surface area (Å²) in [5.74, 6) is 1.24. The van der Waals surface area contributed by atoms with E-state index in [0.717, 1.165) is 42.5 Å². The summed E-state index contributed by atoms with van der Waals surface area (Å²) in [7, 11) is 1.64. The van der Waals surface area contributed by atoms with Crippen LogP contribution in [0.25, 0.3) is 11.0 Å². The molecule has 0 saturated heterocycles. The second kappa shape index (κ2) is 4.74. The smallest absolute Gasteiger partial charge is 0.201 e. The second-order valence-corrected chi connectivity index (χ2v) is 5.11. The van der Waals surface area contributed by atoms with Crippen molar-refractivity contribution in [2.45, 2.75) is 37.8 Å². The van der Waals surface area contributed by atoms with Crippen LogP contribution in [0.4, 0.5) is 5.95 Å². The van der Waals surface area contributed by atoms with Gasteiger partial charge in [0.2, 0.25) is 5.95 Å². The number of anilines is 1. The lowest BCUT2D eigenvalue weighted by molar-refractivity contribution is 0.0783. The van der Waals surface area contributed by atoms with Gasteiger partial charge in [0, 0.05) is 6.07 Å². The van der Waals surface area contributed by atoms with E-state index in [1.165, 1.54) is 0 Å². The summed E-state index contributed by atoms with van der Waals surface area (Å²) in [4.78, 5) is 4.37. The van der Waals surface area contributed by atoms with E-state index in [-0.39, 0.29) is 12.1 Å². The van der Waals surface area contributed by atoms with E-state index in [9.17, 15) is 5.11 Å². The summed E-state index contributed by atoms with van der Waals surface area (Å²) in [5, 5.41) is 10.2. The lowest BCUT2D eigenvalue weighted by atomic mass is 9.92. The number of nitrogens with zero attached hydrogens (tertiary/aromatic N) is 2. The first-order chi connectivity index (χ1) is 9.20. The molecule has 1 heterocycles. The van der Waals surface area contributed by atoms with Crippen LogP contribution in [0.2, 0.25) is 0 Å². The van der Waals surface area contributed by atoms with Crippen molar-refractivity contribution in [2.24, 2.45) is 0 Å². The van der Waals surface area contributed by atoms with E-state index in [2.05, 4.69) is 4.98 Å². The van der Waals surface area contributed by atoms with E-state index in [0.29, 0.717) is 5.95 Å². The van der Waals surface area contributed by atoms with Gasteiger partial charge < -0.3 is 20.1 Å². The van der Waals surface area contributed by atoms with Gasteiger partial charge in [-0.25, -0.2) is 4.98 Å². The Morgan fingerprint density at radius 2 is 2.16 bits per heavy atom. The standard InChI is InChI=1S/C14H19N3O2/c1-19-9-6-7-10-12(8-9)17(14(15)16-10)11-4-2-3-5-13(11)18/h6-8,11,13,18H,2-5H2,1H3,(H2,15,16). The number of aliphatic hydroxyl groups is 1. The highest BCUT2D eigenvalue weighted by Crippen LogP contribution is 2.34. The van der Waals surface area contributed by atoms with Crippen LogP contribution >= 0.6 is 0 Å². The average Bonchev–Trinajstić information content (AvgIpc) is 2.74.